The Morgan fingerprint density at radius 2 is 1.68 bits per heavy atom. The molecule has 0 saturated heterocycles. The third-order valence-electron chi connectivity index (χ3n) is 2.80. The van der Waals surface area contributed by atoms with Gasteiger partial charge in [-0.05, 0) is 51.3 Å². The average molecular weight is 341 g/mol. The van der Waals surface area contributed by atoms with E-state index in [4.69, 9.17) is 16.3 Å². The second-order valence-electron chi connectivity index (χ2n) is 4.20. The molecule has 0 radical (unpaired) electrons. The van der Waals surface area contributed by atoms with Gasteiger partial charge in [-0.1, -0.05) is 29.8 Å². The van der Waals surface area contributed by atoms with E-state index >= 15 is 0 Å². The van der Waals surface area contributed by atoms with E-state index in [9.17, 15) is 0 Å². The maximum atomic E-state index is 5.96. The zero-order valence-electron chi connectivity index (χ0n) is 10.6. The molecule has 2 aromatic carbocycles. The van der Waals surface area contributed by atoms with Crippen LogP contribution in [0.25, 0.3) is 0 Å². The van der Waals surface area contributed by atoms with Crippen molar-refractivity contribution in [2.24, 2.45) is 0 Å². The van der Waals surface area contributed by atoms with E-state index in [1.165, 1.54) is 11.1 Å². The first-order chi connectivity index (χ1) is 9.19. The van der Waals surface area contributed by atoms with E-state index in [0.29, 0.717) is 0 Å². The molecule has 0 bridgehead atoms. The molecule has 100 valence electrons. The van der Waals surface area contributed by atoms with Crippen molar-refractivity contribution >= 4 is 27.5 Å². The molecule has 2 nitrogen and oxygen atoms in total. The highest BCUT2D eigenvalue weighted by atomic mass is 79.9. The summed E-state index contributed by atoms with van der Waals surface area (Å²) in [6.45, 7) is 1.63. The predicted octanol–water partition coefficient (Wildman–Crippen LogP) is 4.40. The van der Waals surface area contributed by atoms with Gasteiger partial charge in [0.05, 0.1) is 12.1 Å². The number of nitrogens with one attached hydrogen (secondary N) is 1. The first-order valence-electron chi connectivity index (χ1n) is 5.96. The van der Waals surface area contributed by atoms with Crippen molar-refractivity contribution < 1.29 is 4.74 Å². The highest BCUT2D eigenvalue weighted by molar-refractivity contribution is 9.10. The molecule has 0 unspecified atom stereocenters. The fourth-order valence-electron chi connectivity index (χ4n) is 1.74. The number of ether oxygens (including phenoxy) is 1. The Labute approximate surface area is 126 Å². The molecule has 1 N–H and O–H groups in total. The molecule has 2 aromatic rings. The zero-order chi connectivity index (χ0) is 13.7. The minimum Gasteiger partial charge on any atom is -0.497 e. The normalized spacial score (nSPS) is 10.5. The molecule has 0 fully saturated rings. The number of hydrogen-bond acceptors (Lipinski definition) is 2. The van der Waals surface area contributed by atoms with Gasteiger partial charge < -0.3 is 10.1 Å². The monoisotopic (exact) mass is 339 g/mol. The molecule has 0 aliphatic carbocycles. The van der Waals surface area contributed by atoms with E-state index in [0.717, 1.165) is 28.3 Å². The van der Waals surface area contributed by atoms with Crippen LogP contribution in [0.1, 0.15) is 11.1 Å². The van der Waals surface area contributed by atoms with Crippen molar-refractivity contribution in [3.8, 4) is 5.75 Å². The average Bonchev–Trinajstić information content (AvgIpc) is 2.43. The largest absolute Gasteiger partial charge is 0.497 e. The zero-order valence-corrected chi connectivity index (χ0v) is 13.0. The molecule has 2 rings (SSSR count). The van der Waals surface area contributed by atoms with Crippen LogP contribution in [0.2, 0.25) is 5.02 Å². The summed E-state index contributed by atoms with van der Waals surface area (Å²) >= 11 is 9.39. The Morgan fingerprint density at radius 3 is 2.32 bits per heavy atom. The smallest absolute Gasteiger partial charge is 0.118 e. The van der Waals surface area contributed by atoms with Crippen molar-refractivity contribution in [2.45, 2.75) is 13.1 Å². The van der Waals surface area contributed by atoms with Gasteiger partial charge in [0.2, 0.25) is 0 Å². The van der Waals surface area contributed by atoms with Gasteiger partial charge in [0.15, 0.2) is 0 Å². The minimum atomic E-state index is 0.735. The minimum absolute atomic E-state index is 0.735. The molecule has 0 saturated carbocycles. The Morgan fingerprint density at radius 1 is 1.05 bits per heavy atom. The standard InChI is InChI=1S/C15H15BrClNO/c1-19-13-5-2-11(3-6-13)9-18-10-12-4-7-15(17)14(16)8-12/h2-8,18H,9-10H2,1H3. The fourth-order valence-corrected chi connectivity index (χ4v) is 2.29. The summed E-state index contributed by atoms with van der Waals surface area (Å²) in [4.78, 5) is 0. The third kappa shape index (κ3) is 4.23. The number of rotatable bonds is 5. The molecule has 0 atom stereocenters. The Kier molecular flexibility index (Phi) is 5.25. The summed E-state index contributed by atoms with van der Waals surface area (Å²) in [5.41, 5.74) is 2.43. The van der Waals surface area contributed by atoms with Crippen LogP contribution in [-0.4, -0.2) is 7.11 Å². The Bertz CT molecular complexity index is 542. The summed E-state index contributed by atoms with van der Waals surface area (Å²) in [5, 5.41) is 4.13. The molecule has 4 heteroatoms. The lowest BCUT2D eigenvalue weighted by atomic mass is 10.2. The maximum absolute atomic E-state index is 5.96. The van der Waals surface area contributed by atoms with Crippen LogP contribution < -0.4 is 10.1 Å². The molecule has 0 aliphatic heterocycles. The highest BCUT2D eigenvalue weighted by Crippen LogP contribution is 2.23. The van der Waals surface area contributed by atoms with Gasteiger partial charge in [-0.2, -0.15) is 0 Å². The lowest BCUT2D eigenvalue weighted by Crippen LogP contribution is -2.12. The second-order valence-corrected chi connectivity index (χ2v) is 5.46. The quantitative estimate of drug-likeness (QED) is 0.871. The maximum Gasteiger partial charge on any atom is 0.118 e. The SMILES string of the molecule is COc1ccc(CNCc2ccc(Cl)c(Br)c2)cc1. The van der Waals surface area contributed by atoms with Crippen LogP contribution in [0.3, 0.4) is 0 Å². The Balaban J connectivity index is 1.86. The van der Waals surface area contributed by atoms with Gasteiger partial charge in [0, 0.05) is 17.6 Å². The first kappa shape index (κ1) is 14.4. The van der Waals surface area contributed by atoms with E-state index in [-0.39, 0.29) is 0 Å². The molecule has 0 aliphatic rings. The van der Waals surface area contributed by atoms with Gasteiger partial charge in [-0.15, -0.1) is 0 Å². The molecule has 0 aromatic heterocycles. The number of methoxy groups -OCH3 is 1. The first-order valence-corrected chi connectivity index (χ1v) is 7.13. The van der Waals surface area contributed by atoms with Crippen LogP contribution in [0.5, 0.6) is 5.75 Å². The van der Waals surface area contributed by atoms with Gasteiger partial charge in [0.25, 0.3) is 0 Å². The fraction of sp³-hybridized carbons (Fsp3) is 0.200. The summed E-state index contributed by atoms with van der Waals surface area (Å²) in [6.07, 6.45) is 0. The van der Waals surface area contributed by atoms with Crippen molar-refractivity contribution in [2.75, 3.05) is 7.11 Å². The topological polar surface area (TPSA) is 21.3 Å². The summed E-state index contributed by atoms with van der Waals surface area (Å²) < 4.78 is 6.06. The van der Waals surface area contributed by atoms with Crippen LogP contribution in [-0.2, 0) is 13.1 Å². The van der Waals surface area contributed by atoms with Gasteiger partial charge >= 0.3 is 0 Å². The summed E-state index contributed by atoms with van der Waals surface area (Å²) in [5.74, 6) is 0.880. The van der Waals surface area contributed by atoms with Crippen molar-refractivity contribution in [1.29, 1.82) is 0 Å². The lowest BCUT2D eigenvalue weighted by Gasteiger charge is -2.07. The van der Waals surface area contributed by atoms with Crippen molar-refractivity contribution in [1.82, 2.24) is 5.32 Å². The van der Waals surface area contributed by atoms with Crippen LogP contribution in [0.4, 0.5) is 0 Å². The van der Waals surface area contributed by atoms with E-state index in [1.54, 1.807) is 7.11 Å². The molecular formula is C15H15BrClNO. The Hall–Kier alpha value is -1.03. The summed E-state index contributed by atoms with van der Waals surface area (Å²) in [7, 11) is 1.67. The molecule has 0 spiro atoms. The lowest BCUT2D eigenvalue weighted by molar-refractivity contribution is 0.414. The highest BCUT2D eigenvalue weighted by Gasteiger charge is 1.99. The second kappa shape index (κ2) is 6.94. The molecule has 19 heavy (non-hydrogen) atoms. The molecule has 0 amide bonds. The van der Waals surface area contributed by atoms with Crippen molar-refractivity contribution in [3.05, 3.63) is 63.1 Å². The van der Waals surface area contributed by atoms with Gasteiger partial charge in [-0.3, -0.25) is 0 Å². The molecule has 0 heterocycles. The number of hydrogen-bond donors (Lipinski definition) is 1. The number of benzene rings is 2. The summed E-state index contributed by atoms with van der Waals surface area (Å²) in [6, 6.07) is 14.0. The van der Waals surface area contributed by atoms with Crippen molar-refractivity contribution in [3.63, 3.8) is 0 Å². The predicted molar refractivity (Wildman–Crippen MR) is 82.7 cm³/mol. The van der Waals surface area contributed by atoms with E-state index in [1.807, 2.05) is 30.3 Å². The van der Waals surface area contributed by atoms with Gasteiger partial charge in [0.1, 0.15) is 5.75 Å². The van der Waals surface area contributed by atoms with E-state index < -0.39 is 0 Å². The van der Waals surface area contributed by atoms with Crippen LogP contribution >= 0.6 is 27.5 Å². The third-order valence-corrected chi connectivity index (χ3v) is 4.02. The van der Waals surface area contributed by atoms with Gasteiger partial charge in [-0.25, -0.2) is 0 Å². The van der Waals surface area contributed by atoms with Crippen LogP contribution in [0.15, 0.2) is 46.9 Å². The molecular weight excluding hydrogens is 326 g/mol. The van der Waals surface area contributed by atoms with E-state index in [2.05, 4.69) is 33.4 Å². The number of halogens is 2. The van der Waals surface area contributed by atoms with Crippen LogP contribution in [0, 0.1) is 0 Å².